The minimum absolute atomic E-state index is 0.0947. The molecule has 3 aliphatic rings. The maximum atomic E-state index is 12.8. The fraction of sp³-hybridized carbons (Fsp3) is 0.684. The zero-order chi connectivity index (χ0) is 18.1. The van der Waals surface area contributed by atoms with E-state index in [1.54, 1.807) is 4.90 Å². The summed E-state index contributed by atoms with van der Waals surface area (Å²) in [6, 6.07) is 0. The molecule has 4 rings (SSSR count). The van der Waals surface area contributed by atoms with Gasteiger partial charge in [0.1, 0.15) is 5.82 Å². The third-order valence-electron chi connectivity index (χ3n) is 5.87. The Bertz CT molecular complexity index is 701. The van der Waals surface area contributed by atoms with E-state index in [4.69, 9.17) is 4.98 Å². The molecule has 1 aromatic heterocycles. The number of hydrogen-bond donors (Lipinski definition) is 1. The first-order valence-electron chi connectivity index (χ1n) is 9.77. The van der Waals surface area contributed by atoms with Crippen molar-refractivity contribution in [2.45, 2.75) is 45.1 Å². The molecule has 2 fully saturated rings. The van der Waals surface area contributed by atoms with Crippen molar-refractivity contribution < 1.29 is 9.59 Å². The van der Waals surface area contributed by atoms with Crippen molar-refractivity contribution in [3.05, 3.63) is 23.3 Å². The summed E-state index contributed by atoms with van der Waals surface area (Å²) in [7, 11) is 0. The lowest BCUT2D eigenvalue weighted by atomic mass is 9.97. The minimum atomic E-state index is -0.197. The van der Waals surface area contributed by atoms with Crippen LogP contribution in [0.4, 0.5) is 0 Å². The first-order chi connectivity index (χ1) is 12.7. The molecule has 7 heteroatoms. The normalized spacial score (nSPS) is 26.1. The second kappa shape index (κ2) is 7.31. The average Bonchev–Trinajstić information content (AvgIpc) is 3.08. The van der Waals surface area contributed by atoms with Crippen molar-refractivity contribution in [2.24, 2.45) is 5.92 Å². The highest BCUT2D eigenvalue weighted by molar-refractivity contribution is 5.89. The molecule has 0 aliphatic carbocycles. The molecule has 3 aliphatic heterocycles. The molecule has 2 saturated heterocycles. The number of fused-ring (bicyclic) bond motifs is 1. The highest BCUT2D eigenvalue weighted by Crippen LogP contribution is 2.26. The van der Waals surface area contributed by atoms with Crippen molar-refractivity contribution in [2.75, 3.05) is 32.7 Å². The lowest BCUT2D eigenvalue weighted by molar-refractivity contribution is -0.136. The first-order valence-corrected chi connectivity index (χ1v) is 9.77. The molecule has 1 N–H and O–H groups in total. The molecule has 4 heterocycles. The summed E-state index contributed by atoms with van der Waals surface area (Å²) in [4.78, 5) is 37.8. The van der Waals surface area contributed by atoms with Crippen LogP contribution < -0.4 is 5.32 Å². The van der Waals surface area contributed by atoms with Gasteiger partial charge in [0.2, 0.25) is 11.8 Å². The van der Waals surface area contributed by atoms with E-state index in [1.807, 2.05) is 18.0 Å². The van der Waals surface area contributed by atoms with Gasteiger partial charge in [-0.05, 0) is 26.3 Å². The summed E-state index contributed by atoms with van der Waals surface area (Å²) in [5.74, 6) is 1.34. The van der Waals surface area contributed by atoms with E-state index >= 15 is 0 Å². The Balaban J connectivity index is 1.43. The minimum Gasteiger partial charge on any atom is -0.342 e. The van der Waals surface area contributed by atoms with Gasteiger partial charge in [0.25, 0.3) is 0 Å². The number of nitrogens with one attached hydrogen (secondary N) is 1. The van der Waals surface area contributed by atoms with Gasteiger partial charge in [-0.25, -0.2) is 9.97 Å². The number of likely N-dealkylation sites (tertiary alicyclic amines) is 1. The number of rotatable bonds is 3. The molecule has 7 nitrogen and oxygen atoms in total. The molecule has 0 saturated carbocycles. The molecule has 26 heavy (non-hydrogen) atoms. The van der Waals surface area contributed by atoms with E-state index < -0.39 is 0 Å². The van der Waals surface area contributed by atoms with Gasteiger partial charge >= 0.3 is 0 Å². The number of carbonyl (C=O) groups excluding carboxylic acids is 2. The Hall–Kier alpha value is -2.02. The first kappa shape index (κ1) is 17.4. The monoisotopic (exact) mass is 357 g/mol. The second-order valence-corrected chi connectivity index (χ2v) is 7.59. The third-order valence-corrected chi connectivity index (χ3v) is 5.87. The summed E-state index contributed by atoms with van der Waals surface area (Å²) in [6.45, 7) is 6.47. The molecule has 0 spiro atoms. The molecular weight excluding hydrogens is 330 g/mol. The van der Waals surface area contributed by atoms with Crippen LogP contribution in [0, 0.1) is 5.92 Å². The van der Waals surface area contributed by atoms with Gasteiger partial charge in [-0.1, -0.05) is 0 Å². The summed E-state index contributed by atoms with van der Waals surface area (Å²) < 4.78 is 0. The number of carbonyl (C=O) groups is 2. The topological polar surface area (TPSA) is 78.4 Å². The number of hydrogen-bond acceptors (Lipinski definition) is 5. The van der Waals surface area contributed by atoms with E-state index in [9.17, 15) is 9.59 Å². The van der Waals surface area contributed by atoms with Crippen LogP contribution in [0.1, 0.15) is 49.2 Å². The van der Waals surface area contributed by atoms with E-state index in [2.05, 4.69) is 10.3 Å². The molecule has 140 valence electrons. The van der Waals surface area contributed by atoms with Gasteiger partial charge in [0.05, 0.1) is 11.6 Å². The number of aromatic nitrogens is 2. The van der Waals surface area contributed by atoms with E-state index in [-0.39, 0.29) is 17.7 Å². The fourth-order valence-corrected chi connectivity index (χ4v) is 4.29. The van der Waals surface area contributed by atoms with Gasteiger partial charge in [-0.15, -0.1) is 0 Å². The SMILES string of the molecule is CCN1C[C@H](C(=O)N2CCc3nc([C@H]4CCCNC4)ncc3C2)CC1=O. The van der Waals surface area contributed by atoms with Gasteiger partial charge < -0.3 is 15.1 Å². The Morgan fingerprint density at radius 1 is 1.42 bits per heavy atom. The number of piperidine rings is 1. The highest BCUT2D eigenvalue weighted by atomic mass is 16.2. The summed E-state index contributed by atoms with van der Waals surface area (Å²) in [5.41, 5.74) is 2.14. The van der Waals surface area contributed by atoms with Crippen molar-refractivity contribution in [3.8, 4) is 0 Å². The van der Waals surface area contributed by atoms with E-state index in [1.165, 1.54) is 6.42 Å². The summed E-state index contributed by atoms with van der Waals surface area (Å²) >= 11 is 0. The Morgan fingerprint density at radius 3 is 3.04 bits per heavy atom. The van der Waals surface area contributed by atoms with Crippen molar-refractivity contribution >= 4 is 11.8 Å². The standard InChI is InChI=1S/C19H27N5O2/c1-2-23-11-14(8-17(23)25)19(26)24-7-5-16-15(12-24)10-21-18(22-16)13-4-3-6-20-9-13/h10,13-14,20H,2-9,11-12H2,1H3/t13-,14+/m0/s1. The number of amides is 2. The van der Waals surface area contributed by atoms with Gasteiger partial charge in [0, 0.05) is 63.2 Å². The quantitative estimate of drug-likeness (QED) is 0.861. The fourth-order valence-electron chi connectivity index (χ4n) is 4.29. The predicted octanol–water partition coefficient (Wildman–Crippen LogP) is 0.697. The van der Waals surface area contributed by atoms with Crippen LogP contribution in [-0.2, 0) is 22.6 Å². The van der Waals surface area contributed by atoms with Crippen LogP contribution in [-0.4, -0.2) is 64.3 Å². The average molecular weight is 357 g/mol. The zero-order valence-corrected chi connectivity index (χ0v) is 15.4. The lowest BCUT2D eigenvalue weighted by Crippen LogP contribution is -2.41. The third kappa shape index (κ3) is 3.32. The maximum Gasteiger partial charge on any atom is 0.228 e. The largest absolute Gasteiger partial charge is 0.342 e. The van der Waals surface area contributed by atoms with Crippen molar-refractivity contribution in [3.63, 3.8) is 0 Å². The smallest absolute Gasteiger partial charge is 0.228 e. The molecule has 0 aromatic carbocycles. The van der Waals surface area contributed by atoms with Crippen molar-refractivity contribution in [1.82, 2.24) is 25.1 Å². The van der Waals surface area contributed by atoms with Crippen LogP contribution in [0.2, 0.25) is 0 Å². The molecule has 0 radical (unpaired) electrons. The van der Waals surface area contributed by atoms with E-state index in [0.29, 0.717) is 38.5 Å². The van der Waals surface area contributed by atoms with Gasteiger partial charge in [-0.2, -0.15) is 0 Å². The maximum absolute atomic E-state index is 12.8. The second-order valence-electron chi connectivity index (χ2n) is 7.59. The Morgan fingerprint density at radius 2 is 2.31 bits per heavy atom. The van der Waals surface area contributed by atoms with Gasteiger partial charge in [0.15, 0.2) is 0 Å². The van der Waals surface area contributed by atoms with Crippen LogP contribution in [0.3, 0.4) is 0 Å². The van der Waals surface area contributed by atoms with Crippen LogP contribution in [0.15, 0.2) is 6.20 Å². The predicted molar refractivity (Wildman–Crippen MR) is 96.4 cm³/mol. The lowest BCUT2D eigenvalue weighted by Gasteiger charge is -2.31. The molecule has 0 bridgehead atoms. The van der Waals surface area contributed by atoms with Crippen LogP contribution in [0.5, 0.6) is 0 Å². The Kier molecular flexibility index (Phi) is 4.89. The number of nitrogens with zero attached hydrogens (tertiary/aromatic N) is 4. The molecular formula is C19H27N5O2. The van der Waals surface area contributed by atoms with Crippen LogP contribution >= 0.6 is 0 Å². The summed E-state index contributed by atoms with van der Waals surface area (Å²) in [6.07, 6.45) is 5.33. The molecule has 0 unspecified atom stereocenters. The zero-order valence-electron chi connectivity index (χ0n) is 15.4. The molecule has 2 atom stereocenters. The van der Waals surface area contributed by atoms with Crippen LogP contribution in [0.25, 0.3) is 0 Å². The van der Waals surface area contributed by atoms with E-state index in [0.717, 1.165) is 43.0 Å². The summed E-state index contributed by atoms with van der Waals surface area (Å²) in [5, 5.41) is 3.41. The Labute approximate surface area is 154 Å². The molecule has 2 amide bonds. The molecule has 1 aromatic rings. The highest BCUT2D eigenvalue weighted by Gasteiger charge is 2.36. The van der Waals surface area contributed by atoms with Crippen molar-refractivity contribution in [1.29, 1.82) is 0 Å². The van der Waals surface area contributed by atoms with Gasteiger partial charge in [-0.3, -0.25) is 9.59 Å².